The van der Waals surface area contributed by atoms with Crippen molar-refractivity contribution >= 4 is 88.0 Å². The molecule has 14 N–H and O–H groups in total. The third kappa shape index (κ3) is 53.4. The molecule has 84 heavy (non-hydrogen) atoms. The Balaban J connectivity index is 3.81. The van der Waals surface area contributed by atoms with E-state index in [2.05, 4.69) is 46.1 Å². The lowest BCUT2D eigenvalue weighted by Crippen LogP contribution is -2.42. The van der Waals surface area contributed by atoms with Crippen LogP contribution in [-0.4, -0.2) is 191 Å². The number of amides is 8. The molecule has 0 saturated carbocycles. The number of ether oxygens (including phenoxy) is 4. The first-order valence-electron chi connectivity index (χ1n) is 29.7. The van der Waals surface area contributed by atoms with Crippen molar-refractivity contribution in [3.63, 3.8) is 0 Å². The number of rotatable bonds is 60. The zero-order valence-electron chi connectivity index (χ0n) is 49.1. The number of hydrogen-bond donors (Lipinski definition) is 13. The summed E-state index contributed by atoms with van der Waals surface area (Å²) in [6.45, 7) is 1.54. The number of carbonyl (C=O) groups is 11. The summed E-state index contributed by atoms with van der Waals surface area (Å²) in [5, 5.41) is 48.9. The Morgan fingerprint density at radius 1 is 0.369 bits per heavy atom. The number of carboxylic acid groups (broad SMARTS) is 3. The fourth-order valence-corrected chi connectivity index (χ4v) is 8.55. The third-order valence-corrected chi connectivity index (χ3v) is 13.4. The van der Waals surface area contributed by atoms with Crippen molar-refractivity contribution < 1.29 is 87.0 Å². The highest BCUT2D eigenvalue weighted by Crippen LogP contribution is 2.14. The van der Waals surface area contributed by atoms with Gasteiger partial charge in [-0.25, -0.2) is 13.1 Å². The van der Waals surface area contributed by atoms with Crippen molar-refractivity contribution in [1.82, 2.24) is 46.1 Å². The van der Waals surface area contributed by atoms with Crippen LogP contribution in [-0.2, 0) is 71.7 Å². The monoisotopic (exact) mass is 1310 g/mol. The van der Waals surface area contributed by atoms with Gasteiger partial charge < -0.3 is 77.2 Å². The van der Waals surface area contributed by atoms with E-state index >= 15 is 0 Å². The highest BCUT2D eigenvalue weighted by molar-refractivity contribution is 14.1. The summed E-state index contributed by atoms with van der Waals surface area (Å²) < 4.78 is 24.3. The average molecular weight is 1320 g/mol. The molecule has 0 aliphatic carbocycles. The molecule has 0 unspecified atom stereocenters. The molecule has 0 heterocycles. The summed E-state index contributed by atoms with van der Waals surface area (Å²) >= 11 is 1.97. The maximum absolute atomic E-state index is 12.4. The number of halogens is 1. The van der Waals surface area contributed by atoms with Crippen LogP contribution in [0.2, 0.25) is 0 Å². The topological polar surface area (TPSA) is 420 Å². The van der Waals surface area contributed by atoms with Gasteiger partial charge in [0.1, 0.15) is 25.3 Å². The highest BCUT2D eigenvalue weighted by Gasteiger charge is 2.22. The standard InChI is InChI=1S/C55H99IN10O18/c56-66-45(63-39-44(57)67)19-15-16-28-58-47(69)26-24-42(54(77)78)64-50(72)22-18-30-60-51(73)40-83-37-36-82-34-32-62-52(74)41-84-38-35-81-33-31-61-48(70)27-25-43(55(79)80)65-49(71)21-17-29-59-46(68)20-13-11-9-7-5-3-1-2-4-6-8-10-12-14-23-53(75)76/h42-43,45,63,66H,1-41H2,(H2,57,67)(H,58,69)(H,59,68)(H,60,73)(H,61,70)(H,62,74)(H,64,72)(H,65,71)(H,75,76)(H,77,78)(H,79,80)/t42-,43-,45-/m0/s1. The van der Waals surface area contributed by atoms with E-state index in [4.69, 9.17) is 29.8 Å². The van der Waals surface area contributed by atoms with Crippen LogP contribution in [0.15, 0.2) is 0 Å². The lowest BCUT2D eigenvalue weighted by molar-refractivity contribution is -0.142. The van der Waals surface area contributed by atoms with Crippen LogP contribution in [0.3, 0.4) is 0 Å². The molecule has 0 fully saturated rings. The first kappa shape index (κ1) is 78.7. The summed E-state index contributed by atoms with van der Waals surface area (Å²) in [6, 6.07) is -2.51. The zero-order valence-corrected chi connectivity index (χ0v) is 51.3. The molecule has 8 amide bonds. The van der Waals surface area contributed by atoms with Gasteiger partial charge in [-0.2, -0.15) is 0 Å². The number of unbranched alkanes of at least 4 members (excludes halogenated alkanes) is 14. The van der Waals surface area contributed by atoms with Gasteiger partial charge >= 0.3 is 17.9 Å². The summed E-state index contributed by atoms with van der Waals surface area (Å²) in [6.07, 6.45) is 18.1. The van der Waals surface area contributed by atoms with Gasteiger partial charge in [-0.1, -0.05) is 77.0 Å². The lowest BCUT2D eigenvalue weighted by Gasteiger charge is -2.16. The van der Waals surface area contributed by atoms with Crippen molar-refractivity contribution in [2.45, 2.75) is 192 Å². The van der Waals surface area contributed by atoms with E-state index in [0.717, 1.165) is 51.4 Å². The Kier molecular flexibility index (Phi) is 52.0. The minimum atomic E-state index is -1.27. The van der Waals surface area contributed by atoms with Crippen LogP contribution in [0.25, 0.3) is 0 Å². The van der Waals surface area contributed by atoms with Crippen molar-refractivity contribution in [3.05, 3.63) is 0 Å². The first-order valence-corrected chi connectivity index (χ1v) is 30.8. The number of hydrogen-bond acceptors (Lipinski definition) is 17. The SMILES string of the molecule is NC(=O)CN[C@H](CCCCNC(=O)CC[C@H](NC(=O)CCCNC(=O)COCCOCCNC(=O)COCCOCCNC(=O)CC[C@H](NC(=O)CCCNC(=O)CCCCCCCCCCCCCCCCC(=O)O)C(=O)O)C(=O)O)NI. The van der Waals surface area contributed by atoms with Crippen LogP contribution >= 0.6 is 22.9 Å². The van der Waals surface area contributed by atoms with Crippen molar-refractivity contribution in [3.8, 4) is 0 Å². The van der Waals surface area contributed by atoms with E-state index in [1.807, 2.05) is 22.9 Å². The predicted molar refractivity (Wildman–Crippen MR) is 318 cm³/mol. The first-order chi connectivity index (χ1) is 40.4. The Bertz CT molecular complexity index is 1880. The van der Waals surface area contributed by atoms with Crippen LogP contribution < -0.4 is 51.8 Å². The molecule has 0 aliphatic heterocycles. The van der Waals surface area contributed by atoms with Gasteiger partial charge in [0, 0.05) is 94.1 Å². The minimum Gasteiger partial charge on any atom is -0.481 e. The van der Waals surface area contributed by atoms with Gasteiger partial charge in [0.25, 0.3) is 0 Å². The van der Waals surface area contributed by atoms with Crippen molar-refractivity contribution in [2.75, 3.05) is 92.1 Å². The van der Waals surface area contributed by atoms with E-state index < -0.39 is 59.5 Å². The normalized spacial score (nSPS) is 12.1. The number of carbonyl (C=O) groups excluding carboxylic acids is 8. The number of primary amides is 1. The van der Waals surface area contributed by atoms with E-state index in [-0.39, 0.29) is 154 Å². The van der Waals surface area contributed by atoms with Gasteiger partial charge in [0.15, 0.2) is 0 Å². The maximum Gasteiger partial charge on any atom is 0.326 e. The van der Waals surface area contributed by atoms with Crippen LogP contribution in [0.5, 0.6) is 0 Å². The lowest BCUT2D eigenvalue weighted by atomic mass is 10.0. The average Bonchev–Trinajstić information content (AvgIpc) is 3.53. The molecule has 0 spiro atoms. The number of nitrogens with one attached hydrogen (secondary N) is 9. The number of carboxylic acids is 3. The predicted octanol–water partition coefficient (Wildman–Crippen LogP) is 1.73. The maximum atomic E-state index is 12.4. The summed E-state index contributed by atoms with van der Waals surface area (Å²) in [5.41, 5.74) is 5.14. The Morgan fingerprint density at radius 3 is 1.14 bits per heavy atom. The zero-order chi connectivity index (χ0) is 62.3. The second-order valence-electron chi connectivity index (χ2n) is 20.1. The number of aliphatic carboxylic acids is 3. The fraction of sp³-hybridized carbons (Fsp3) is 0.800. The molecule has 3 atom stereocenters. The molecule has 0 aromatic heterocycles. The van der Waals surface area contributed by atoms with Crippen LogP contribution in [0, 0.1) is 0 Å². The molecule has 0 saturated heterocycles. The molecule has 484 valence electrons. The van der Waals surface area contributed by atoms with E-state index in [1.54, 1.807) is 0 Å². The molecule has 0 radical (unpaired) electrons. The minimum absolute atomic E-state index is 0.0212. The fourth-order valence-electron chi connectivity index (χ4n) is 8.02. The van der Waals surface area contributed by atoms with Crippen molar-refractivity contribution in [2.24, 2.45) is 5.73 Å². The summed E-state index contributed by atoms with van der Waals surface area (Å²) in [7, 11) is 0. The van der Waals surface area contributed by atoms with Gasteiger partial charge in [-0.3, -0.25) is 48.5 Å². The smallest absolute Gasteiger partial charge is 0.326 e. The molecule has 0 aliphatic rings. The molecule has 0 aromatic carbocycles. The van der Waals surface area contributed by atoms with Gasteiger partial charge in [0.05, 0.1) is 52.4 Å². The van der Waals surface area contributed by atoms with Gasteiger partial charge in [0.2, 0.25) is 47.3 Å². The second-order valence-corrected chi connectivity index (χ2v) is 20.8. The summed E-state index contributed by atoms with van der Waals surface area (Å²) in [5.74, 6) is -6.41. The number of nitrogens with two attached hydrogens (primary N) is 1. The van der Waals surface area contributed by atoms with Gasteiger partial charge in [-0.05, 0) is 57.8 Å². The van der Waals surface area contributed by atoms with Crippen LogP contribution in [0.4, 0.5) is 0 Å². The third-order valence-electron chi connectivity index (χ3n) is 12.7. The molecule has 0 rings (SSSR count). The molecule has 29 heteroatoms. The Labute approximate surface area is 508 Å². The molecule has 0 bridgehead atoms. The van der Waals surface area contributed by atoms with E-state index in [9.17, 15) is 63.0 Å². The van der Waals surface area contributed by atoms with Crippen molar-refractivity contribution in [1.29, 1.82) is 0 Å². The Morgan fingerprint density at radius 2 is 0.726 bits per heavy atom. The highest BCUT2D eigenvalue weighted by atomic mass is 127. The van der Waals surface area contributed by atoms with E-state index in [0.29, 0.717) is 38.8 Å². The molecular formula is C55H99IN10O18. The largest absolute Gasteiger partial charge is 0.481 e. The van der Waals surface area contributed by atoms with Crippen LogP contribution in [0.1, 0.15) is 173 Å². The summed E-state index contributed by atoms with van der Waals surface area (Å²) in [4.78, 5) is 130. The molecule has 0 aromatic rings. The molecule has 28 nitrogen and oxygen atoms in total. The van der Waals surface area contributed by atoms with Gasteiger partial charge in [-0.15, -0.1) is 0 Å². The second kappa shape index (κ2) is 55.5. The quantitative estimate of drug-likeness (QED) is 0.0178. The Hall–Kier alpha value is -5.34. The van der Waals surface area contributed by atoms with E-state index in [1.165, 1.54) is 44.9 Å². The molecular weight excluding hydrogens is 1220 g/mol.